The molecule has 5 nitrogen and oxygen atoms in total. The largest absolute Gasteiger partial charge is 0.478 e. The van der Waals surface area contributed by atoms with E-state index in [0.29, 0.717) is 24.4 Å². The summed E-state index contributed by atoms with van der Waals surface area (Å²) in [7, 11) is 1.57. The van der Waals surface area contributed by atoms with Gasteiger partial charge in [-0.25, -0.2) is 18.4 Å². The van der Waals surface area contributed by atoms with E-state index in [1.54, 1.807) is 7.05 Å². The Morgan fingerprint density at radius 2 is 2.00 bits per heavy atom. The number of hydrogen-bond donors (Lipinski definition) is 2. The van der Waals surface area contributed by atoms with Crippen molar-refractivity contribution in [3.63, 3.8) is 0 Å². The van der Waals surface area contributed by atoms with E-state index in [0.717, 1.165) is 12.5 Å². The second-order valence-corrected chi connectivity index (χ2v) is 5.40. The molecule has 2 rings (SSSR count). The van der Waals surface area contributed by atoms with Crippen LogP contribution in [0.4, 0.5) is 19.3 Å². The highest BCUT2D eigenvalue weighted by atomic mass is 19.1. The van der Waals surface area contributed by atoms with Gasteiger partial charge in [0, 0.05) is 19.7 Å². The number of amides is 2. The van der Waals surface area contributed by atoms with Crippen LogP contribution < -0.4 is 5.32 Å². The number of halogens is 2. The van der Waals surface area contributed by atoms with E-state index in [4.69, 9.17) is 5.11 Å². The summed E-state index contributed by atoms with van der Waals surface area (Å²) < 4.78 is 26.8. The summed E-state index contributed by atoms with van der Waals surface area (Å²) >= 11 is 0. The fourth-order valence-electron chi connectivity index (χ4n) is 2.11. The minimum absolute atomic E-state index is 0.352. The molecule has 1 aromatic carbocycles. The Kier molecular flexibility index (Phi) is 4.11. The second-order valence-electron chi connectivity index (χ2n) is 5.40. The van der Waals surface area contributed by atoms with E-state index < -0.39 is 29.2 Å². The lowest BCUT2D eigenvalue weighted by Crippen LogP contribution is -2.33. The van der Waals surface area contributed by atoms with Crippen LogP contribution >= 0.6 is 0 Å². The van der Waals surface area contributed by atoms with Gasteiger partial charge in [-0.15, -0.1) is 0 Å². The number of carbonyl (C=O) groups is 2. The number of rotatable bonds is 4. The van der Waals surface area contributed by atoms with Crippen molar-refractivity contribution in [3.05, 3.63) is 29.3 Å². The summed E-state index contributed by atoms with van der Waals surface area (Å²) in [4.78, 5) is 24.1. The first-order valence-electron chi connectivity index (χ1n) is 6.54. The molecule has 1 fully saturated rings. The fourth-order valence-corrected chi connectivity index (χ4v) is 2.11. The molecular weight excluding hydrogens is 282 g/mol. The van der Waals surface area contributed by atoms with Crippen LogP contribution in [0.1, 0.15) is 23.7 Å². The van der Waals surface area contributed by atoms with Crippen LogP contribution in [0.25, 0.3) is 0 Å². The molecule has 0 radical (unpaired) electrons. The Hall–Kier alpha value is -2.18. The Bertz CT molecular complexity index is 592. The molecule has 2 N–H and O–H groups in total. The smallest absolute Gasteiger partial charge is 0.338 e. The maximum atomic E-state index is 13.6. The molecule has 0 saturated heterocycles. The van der Waals surface area contributed by atoms with E-state index in [1.165, 1.54) is 4.90 Å². The maximum absolute atomic E-state index is 13.6. The van der Waals surface area contributed by atoms with Crippen molar-refractivity contribution < 1.29 is 23.5 Å². The van der Waals surface area contributed by atoms with E-state index in [-0.39, 0.29) is 5.69 Å². The standard InChI is InChI=1S/C14H16F2N2O3/c1-7-3-8(7)6-18(2)14(21)17-12-4-9(13(19)20)10(15)5-11(12)16/h4-5,7-8H,3,6H2,1-2H3,(H,17,21)(H,19,20). The number of benzene rings is 1. The summed E-state index contributed by atoms with van der Waals surface area (Å²) in [6, 6.07) is 0.663. The van der Waals surface area contributed by atoms with Gasteiger partial charge in [-0.3, -0.25) is 0 Å². The van der Waals surface area contributed by atoms with Gasteiger partial charge in [0.15, 0.2) is 0 Å². The van der Waals surface area contributed by atoms with Gasteiger partial charge in [0.2, 0.25) is 0 Å². The molecular formula is C14H16F2N2O3. The monoisotopic (exact) mass is 298 g/mol. The Morgan fingerprint density at radius 1 is 1.38 bits per heavy atom. The van der Waals surface area contributed by atoms with Crippen LogP contribution in [-0.4, -0.2) is 35.6 Å². The first-order chi connectivity index (χ1) is 9.79. The van der Waals surface area contributed by atoms with Crippen LogP contribution in [0, 0.1) is 23.5 Å². The van der Waals surface area contributed by atoms with Gasteiger partial charge in [0.1, 0.15) is 11.6 Å². The summed E-state index contributed by atoms with van der Waals surface area (Å²) in [6.45, 7) is 2.62. The SMILES string of the molecule is CC1CC1CN(C)C(=O)Nc1cc(C(=O)O)c(F)cc1F. The van der Waals surface area contributed by atoms with Gasteiger partial charge in [0.05, 0.1) is 11.3 Å². The van der Waals surface area contributed by atoms with Crippen molar-refractivity contribution in [2.45, 2.75) is 13.3 Å². The number of carboxylic acids is 1. The van der Waals surface area contributed by atoms with Crippen LogP contribution in [0.5, 0.6) is 0 Å². The van der Waals surface area contributed by atoms with Crippen molar-refractivity contribution in [2.24, 2.45) is 11.8 Å². The number of aromatic carboxylic acids is 1. The third kappa shape index (κ3) is 3.48. The zero-order valence-electron chi connectivity index (χ0n) is 11.7. The Morgan fingerprint density at radius 3 is 2.52 bits per heavy atom. The molecule has 2 atom stereocenters. The van der Waals surface area contributed by atoms with E-state index in [2.05, 4.69) is 12.2 Å². The van der Waals surface area contributed by atoms with Gasteiger partial charge in [-0.2, -0.15) is 0 Å². The summed E-state index contributed by atoms with van der Waals surface area (Å²) in [5, 5.41) is 11.1. The molecule has 0 aromatic heterocycles. The molecule has 2 amide bonds. The molecule has 1 aliphatic carbocycles. The van der Waals surface area contributed by atoms with Crippen LogP contribution in [-0.2, 0) is 0 Å². The van der Waals surface area contributed by atoms with Gasteiger partial charge in [0.25, 0.3) is 0 Å². The van der Waals surface area contributed by atoms with Crippen molar-refractivity contribution in [1.82, 2.24) is 4.90 Å². The third-order valence-corrected chi connectivity index (χ3v) is 3.66. The second kappa shape index (κ2) is 5.67. The van der Waals surface area contributed by atoms with Gasteiger partial charge in [-0.1, -0.05) is 6.92 Å². The quantitative estimate of drug-likeness (QED) is 0.898. The van der Waals surface area contributed by atoms with Crippen LogP contribution in [0.15, 0.2) is 12.1 Å². The van der Waals surface area contributed by atoms with E-state index in [9.17, 15) is 18.4 Å². The van der Waals surface area contributed by atoms with E-state index >= 15 is 0 Å². The molecule has 114 valence electrons. The van der Waals surface area contributed by atoms with Crippen molar-refractivity contribution in [3.8, 4) is 0 Å². The average Bonchev–Trinajstić information content (AvgIpc) is 3.07. The summed E-state index contributed by atoms with van der Waals surface area (Å²) in [5.41, 5.74) is -1.04. The minimum Gasteiger partial charge on any atom is -0.478 e. The number of carbonyl (C=O) groups excluding carboxylic acids is 1. The fraction of sp³-hybridized carbons (Fsp3) is 0.429. The first-order valence-corrected chi connectivity index (χ1v) is 6.54. The number of hydrogen-bond acceptors (Lipinski definition) is 2. The molecule has 0 aliphatic heterocycles. The first kappa shape index (κ1) is 15.2. The Labute approximate surface area is 120 Å². The molecule has 1 saturated carbocycles. The molecule has 0 bridgehead atoms. The summed E-state index contributed by atoms with van der Waals surface area (Å²) in [5.74, 6) is -2.71. The van der Waals surface area contributed by atoms with Crippen LogP contribution in [0.2, 0.25) is 0 Å². The molecule has 7 heteroatoms. The Balaban J connectivity index is 2.09. The third-order valence-electron chi connectivity index (χ3n) is 3.66. The number of anilines is 1. The number of nitrogens with one attached hydrogen (secondary N) is 1. The zero-order chi connectivity index (χ0) is 15.7. The highest BCUT2D eigenvalue weighted by Gasteiger charge is 2.34. The summed E-state index contributed by atoms with van der Waals surface area (Å²) in [6.07, 6.45) is 1.05. The molecule has 0 spiro atoms. The van der Waals surface area contributed by atoms with Crippen molar-refractivity contribution >= 4 is 17.7 Å². The topological polar surface area (TPSA) is 69.6 Å². The zero-order valence-corrected chi connectivity index (χ0v) is 11.7. The number of carboxylic acid groups (broad SMARTS) is 1. The average molecular weight is 298 g/mol. The van der Waals surface area contributed by atoms with Crippen molar-refractivity contribution in [2.75, 3.05) is 18.9 Å². The lowest BCUT2D eigenvalue weighted by molar-refractivity contribution is 0.0692. The molecule has 21 heavy (non-hydrogen) atoms. The normalized spacial score (nSPS) is 20.0. The molecule has 1 aliphatic rings. The number of nitrogens with zero attached hydrogens (tertiary/aromatic N) is 1. The molecule has 2 unspecified atom stereocenters. The maximum Gasteiger partial charge on any atom is 0.338 e. The predicted octanol–water partition coefficient (Wildman–Crippen LogP) is 2.78. The molecule has 1 aromatic rings. The highest BCUT2D eigenvalue weighted by molar-refractivity contribution is 5.93. The van der Waals surface area contributed by atoms with Crippen LogP contribution in [0.3, 0.4) is 0 Å². The predicted molar refractivity (Wildman–Crippen MR) is 72.2 cm³/mol. The van der Waals surface area contributed by atoms with Gasteiger partial charge >= 0.3 is 12.0 Å². The van der Waals surface area contributed by atoms with E-state index in [1.807, 2.05) is 0 Å². The lowest BCUT2D eigenvalue weighted by Gasteiger charge is -2.18. The lowest BCUT2D eigenvalue weighted by atomic mass is 10.2. The molecule has 0 heterocycles. The van der Waals surface area contributed by atoms with Gasteiger partial charge in [-0.05, 0) is 24.3 Å². The van der Waals surface area contributed by atoms with Gasteiger partial charge < -0.3 is 15.3 Å². The number of urea groups is 1. The highest BCUT2D eigenvalue weighted by Crippen LogP contribution is 2.38. The minimum atomic E-state index is -1.52. The van der Waals surface area contributed by atoms with Crippen molar-refractivity contribution in [1.29, 1.82) is 0 Å².